The number of hydrogen-bond donors (Lipinski definition) is 2. The normalized spacial score (nSPS) is 27.9. The molecule has 4 rings (SSSR count). The minimum absolute atomic E-state index is 0.0116. The van der Waals surface area contributed by atoms with Crippen LogP contribution in [0, 0.1) is 5.41 Å². The molecule has 1 aromatic carbocycles. The maximum Gasteiger partial charge on any atom is 0.417 e. The lowest BCUT2D eigenvalue weighted by atomic mass is 9.88. The first kappa shape index (κ1) is 22.8. The van der Waals surface area contributed by atoms with Crippen molar-refractivity contribution in [2.75, 3.05) is 32.7 Å². The van der Waals surface area contributed by atoms with Crippen molar-refractivity contribution in [3.63, 3.8) is 0 Å². The highest BCUT2D eigenvalue weighted by atomic mass is 35.5. The molecule has 1 amide bonds. The number of alkyl halides is 3. The Labute approximate surface area is 185 Å². The van der Waals surface area contributed by atoms with E-state index in [4.69, 9.17) is 11.6 Å². The van der Waals surface area contributed by atoms with Crippen molar-refractivity contribution in [3.05, 3.63) is 34.3 Å². The smallest absolute Gasteiger partial charge is 0.391 e. The summed E-state index contributed by atoms with van der Waals surface area (Å²) < 4.78 is 40.5. The number of aliphatic hydroxyl groups is 1. The minimum atomic E-state index is -4.53. The van der Waals surface area contributed by atoms with Gasteiger partial charge in [0.2, 0.25) is 5.91 Å². The molecular weight excluding hydrogens is 431 g/mol. The first-order chi connectivity index (χ1) is 14.6. The van der Waals surface area contributed by atoms with E-state index >= 15 is 0 Å². The fourth-order valence-electron chi connectivity index (χ4n) is 5.02. The maximum atomic E-state index is 13.5. The number of likely N-dealkylation sites (tertiary alicyclic amines) is 1. The monoisotopic (exact) mass is 459 g/mol. The molecule has 0 radical (unpaired) electrons. The number of nitrogens with zero attached hydrogens (tertiary/aromatic N) is 2. The van der Waals surface area contributed by atoms with Gasteiger partial charge in [0, 0.05) is 32.2 Å². The van der Waals surface area contributed by atoms with Crippen molar-refractivity contribution >= 4 is 17.5 Å². The fourth-order valence-corrected chi connectivity index (χ4v) is 5.24. The third-order valence-electron chi connectivity index (χ3n) is 7.34. The number of rotatable bonds is 5. The topological polar surface area (TPSA) is 55.8 Å². The number of benzene rings is 1. The van der Waals surface area contributed by atoms with Gasteiger partial charge in [-0.25, -0.2) is 0 Å². The van der Waals surface area contributed by atoms with Gasteiger partial charge in [-0.3, -0.25) is 14.6 Å². The van der Waals surface area contributed by atoms with Gasteiger partial charge in [0.1, 0.15) is 0 Å². The molecule has 0 bridgehead atoms. The summed E-state index contributed by atoms with van der Waals surface area (Å²) in [4.78, 5) is 16.2. The predicted octanol–water partition coefficient (Wildman–Crippen LogP) is 3.46. The third-order valence-corrected chi connectivity index (χ3v) is 7.67. The van der Waals surface area contributed by atoms with E-state index in [0.29, 0.717) is 38.2 Å². The Morgan fingerprint density at radius 2 is 2.03 bits per heavy atom. The first-order valence-corrected chi connectivity index (χ1v) is 11.3. The second kappa shape index (κ2) is 8.54. The van der Waals surface area contributed by atoms with Crippen molar-refractivity contribution in [1.82, 2.24) is 15.1 Å². The van der Waals surface area contributed by atoms with Gasteiger partial charge in [0.15, 0.2) is 0 Å². The highest BCUT2D eigenvalue weighted by Crippen LogP contribution is 2.54. The number of halogens is 4. The predicted molar refractivity (Wildman–Crippen MR) is 112 cm³/mol. The zero-order valence-corrected chi connectivity index (χ0v) is 18.3. The van der Waals surface area contributed by atoms with E-state index in [1.54, 1.807) is 6.07 Å². The Hall–Kier alpha value is -1.35. The van der Waals surface area contributed by atoms with E-state index in [2.05, 4.69) is 15.1 Å². The Morgan fingerprint density at radius 1 is 1.29 bits per heavy atom. The van der Waals surface area contributed by atoms with Crippen LogP contribution in [0.2, 0.25) is 5.02 Å². The summed E-state index contributed by atoms with van der Waals surface area (Å²) in [6.45, 7) is 4.89. The minimum Gasteiger partial charge on any atom is -0.391 e. The second-order valence-electron chi connectivity index (χ2n) is 9.17. The van der Waals surface area contributed by atoms with Gasteiger partial charge in [-0.15, -0.1) is 0 Å². The molecule has 3 aliphatic rings. The van der Waals surface area contributed by atoms with Crippen LogP contribution in [0.25, 0.3) is 0 Å². The lowest BCUT2D eigenvalue weighted by molar-refractivity contribution is -0.137. The molecule has 1 spiro atoms. The van der Waals surface area contributed by atoms with Gasteiger partial charge in [-0.2, -0.15) is 13.2 Å². The van der Waals surface area contributed by atoms with E-state index in [1.165, 1.54) is 6.07 Å². The highest BCUT2D eigenvalue weighted by molar-refractivity contribution is 6.31. The van der Waals surface area contributed by atoms with E-state index < -0.39 is 17.8 Å². The van der Waals surface area contributed by atoms with Crippen molar-refractivity contribution in [2.45, 2.75) is 57.0 Å². The van der Waals surface area contributed by atoms with Gasteiger partial charge in [-0.05, 0) is 62.3 Å². The van der Waals surface area contributed by atoms with Crippen molar-refractivity contribution < 1.29 is 23.1 Å². The van der Waals surface area contributed by atoms with Gasteiger partial charge in [0.25, 0.3) is 0 Å². The third kappa shape index (κ3) is 4.72. The molecule has 3 fully saturated rings. The molecule has 2 heterocycles. The van der Waals surface area contributed by atoms with Gasteiger partial charge >= 0.3 is 6.18 Å². The summed E-state index contributed by atoms with van der Waals surface area (Å²) in [6.07, 6.45) is -1.53. The molecule has 2 aliphatic heterocycles. The molecule has 2 N–H and O–H groups in total. The van der Waals surface area contributed by atoms with Crippen LogP contribution in [0.5, 0.6) is 0 Å². The number of hydrogen-bond acceptors (Lipinski definition) is 4. The summed E-state index contributed by atoms with van der Waals surface area (Å²) in [6, 6.07) is 3.55. The van der Waals surface area contributed by atoms with E-state index in [-0.39, 0.29) is 28.4 Å². The number of carbonyl (C=O) groups excluding carboxylic acids is 1. The van der Waals surface area contributed by atoms with E-state index in [1.807, 2.05) is 6.92 Å². The van der Waals surface area contributed by atoms with Crippen molar-refractivity contribution in [3.8, 4) is 0 Å². The number of piperazine rings is 1. The van der Waals surface area contributed by atoms with Crippen LogP contribution >= 0.6 is 11.6 Å². The Balaban J connectivity index is 1.57. The Bertz CT molecular complexity index is 831. The molecular formula is C22H29ClF3N3O2. The summed E-state index contributed by atoms with van der Waals surface area (Å²) >= 11 is 5.85. The average molecular weight is 460 g/mol. The summed E-state index contributed by atoms with van der Waals surface area (Å²) in [7, 11) is 0. The van der Waals surface area contributed by atoms with Gasteiger partial charge < -0.3 is 10.4 Å². The highest BCUT2D eigenvalue weighted by Gasteiger charge is 2.52. The molecule has 1 aliphatic carbocycles. The largest absolute Gasteiger partial charge is 0.417 e. The van der Waals surface area contributed by atoms with Crippen LogP contribution in [0.1, 0.15) is 49.8 Å². The zero-order valence-electron chi connectivity index (χ0n) is 17.6. The summed E-state index contributed by atoms with van der Waals surface area (Å²) in [5.41, 5.74) is -0.277. The Morgan fingerprint density at radius 3 is 2.68 bits per heavy atom. The molecule has 1 aromatic rings. The zero-order chi connectivity index (χ0) is 22.4. The molecule has 1 saturated carbocycles. The number of carbonyl (C=O) groups is 1. The van der Waals surface area contributed by atoms with Gasteiger partial charge in [0.05, 0.1) is 22.7 Å². The molecule has 9 heteroatoms. The second-order valence-corrected chi connectivity index (χ2v) is 9.57. The molecule has 172 valence electrons. The number of β-amino-alcohol motifs (C(OH)–C–C–N with tert-alkyl or cyclic N) is 1. The Kier molecular flexibility index (Phi) is 6.29. The quantitative estimate of drug-likeness (QED) is 0.708. The van der Waals surface area contributed by atoms with E-state index in [9.17, 15) is 23.1 Å². The molecule has 2 saturated heterocycles. The SMILES string of the molecule is CC1C(=O)NCCN1CCC(c1ccc(Cl)c(C(F)(F)F)c1)N1CCC2(CC2)[C@H](O)C1. The van der Waals surface area contributed by atoms with Crippen molar-refractivity contribution in [1.29, 1.82) is 0 Å². The molecule has 2 unspecified atom stereocenters. The lowest BCUT2D eigenvalue weighted by Crippen LogP contribution is -2.54. The molecule has 0 aromatic heterocycles. The first-order valence-electron chi connectivity index (χ1n) is 10.9. The van der Waals surface area contributed by atoms with Crippen LogP contribution in [-0.2, 0) is 11.0 Å². The number of amides is 1. The maximum absolute atomic E-state index is 13.5. The summed E-state index contributed by atoms with van der Waals surface area (Å²) in [5, 5.41) is 13.2. The lowest BCUT2D eigenvalue weighted by Gasteiger charge is -2.42. The standard InChI is InChI=1S/C22H29ClF3N3O2/c1-14-20(31)27-8-11-28(14)9-4-18(29-10-7-21(5-6-21)19(30)13-29)15-2-3-17(23)16(12-15)22(24,25)26/h2-3,12,14,18-19,30H,4-11,13H2,1H3,(H,27,31)/t14?,18?,19-/m1/s1. The van der Waals surface area contributed by atoms with E-state index in [0.717, 1.165) is 31.9 Å². The van der Waals surface area contributed by atoms with Crippen LogP contribution in [-0.4, -0.2) is 65.7 Å². The van der Waals surface area contributed by atoms with Crippen LogP contribution < -0.4 is 5.32 Å². The molecule has 5 nitrogen and oxygen atoms in total. The fraction of sp³-hybridized carbons (Fsp3) is 0.682. The van der Waals surface area contributed by atoms with Crippen LogP contribution in [0.3, 0.4) is 0 Å². The van der Waals surface area contributed by atoms with Crippen molar-refractivity contribution in [2.24, 2.45) is 5.41 Å². The van der Waals surface area contributed by atoms with Crippen LogP contribution in [0.15, 0.2) is 18.2 Å². The summed E-state index contributed by atoms with van der Waals surface area (Å²) in [5.74, 6) is -0.0299. The molecule has 3 atom stereocenters. The molecule has 31 heavy (non-hydrogen) atoms. The van der Waals surface area contributed by atoms with Crippen LogP contribution in [0.4, 0.5) is 13.2 Å². The average Bonchev–Trinajstić information content (AvgIpc) is 3.49. The number of nitrogens with one attached hydrogen (secondary N) is 1. The number of aliphatic hydroxyl groups excluding tert-OH is 1. The van der Waals surface area contributed by atoms with Gasteiger partial charge in [-0.1, -0.05) is 17.7 Å². The number of piperidine rings is 1.